The molecule has 0 atom stereocenters. The molecule has 0 aliphatic heterocycles. The summed E-state index contributed by atoms with van der Waals surface area (Å²) >= 11 is 0. The van der Waals surface area contributed by atoms with Gasteiger partial charge in [0.25, 0.3) is 10.0 Å². The van der Waals surface area contributed by atoms with Gasteiger partial charge < -0.3 is 9.26 Å². The van der Waals surface area contributed by atoms with Gasteiger partial charge in [0.15, 0.2) is 0 Å². The van der Waals surface area contributed by atoms with Gasteiger partial charge in [0.2, 0.25) is 11.7 Å². The Morgan fingerprint density at radius 1 is 1.00 bits per heavy atom. The van der Waals surface area contributed by atoms with E-state index in [0.717, 1.165) is 22.4 Å². The Labute approximate surface area is 180 Å². The Hall–Kier alpha value is -3.65. The summed E-state index contributed by atoms with van der Waals surface area (Å²) in [5.74, 6) is 1.68. The Bertz CT molecular complexity index is 1280. The monoisotopic (exact) mass is 435 g/mol. The molecule has 0 fully saturated rings. The normalized spacial score (nSPS) is 11.3. The van der Waals surface area contributed by atoms with E-state index in [0.29, 0.717) is 23.8 Å². The maximum absolute atomic E-state index is 12.5. The highest BCUT2D eigenvalue weighted by atomic mass is 32.2. The summed E-state index contributed by atoms with van der Waals surface area (Å²) in [6.45, 7) is 1.91. The number of hydrogen-bond acceptors (Lipinski definition) is 6. The van der Waals surface area contributed by atoms with Crippen molar-refractivity contribution in [2.24, 2.45) is 0 Å². The zero-order chi connectivity index (χ0) is 21.8. The van der Waals surface area contributed by atoms with Gasteiger partial charge in [0.05, 0.1) is 18.4 Å². The van der Waals surface area contributed by atoms with E-state index in [4.69, 9.17) is 9.26 Å². The summed E-state index contributed by atoms with van der Waals surface area (Å²) in [5, 5.41) is 4.03. The number of aryl methyl sites for hydroxylation is 1. The highest BCUT2D eigenvalue weighted by molar-refractivity contribution is 7.92. The van der Waals surface area contributed by atoms with Crippen molar-refractivity contribution in [1.29, 1.82) is 0 Å². The molecule has 1 heterocycles. The van der Waals surface area contributed by atoms with Crippen LogP contribution >= 0.6 is 0 Å². The summed E-state index contributed by atoms with van der Waals surface area (Å²) in [5.41, 5.74) is 3.16. The summed E-state index contributed by atoms with van der Waals surface area (Å²) < 4.78 is 38.2. The molecular formula is C23H21N3O4S. The molecule has 0 saturated heterocycles. The smallest absolute Gasteiger partial charge is 0.261 e. The van der Waals surface area contributed by atoms with Gasteiger partial charge in [-0.25, -0.2) is 8.42 Å². The third kappa shape index (κ3) is 4.92. The highest BCUT2D eigenvalue weighted by Crippen LogP contribution is 2.22. The summed E-state index contributed by atoms with van der Waals surface area (Å²) in [4.78, 5) is 4.64. The number of nitrogens with zero attached hydrogens (tertiary/aromatic N) is 2. The topological polar surface area (TPSA) is 94.3 Å². The zero-order valence-electron chi connectivity index (χ0n) is 17.1. The molecule has 0 unspecified atom stereocenters. The fraction of sp³-hybridized carbons (Fsp3) is 0.130. The number of ether oxygens (including phenoxy) is 1. The molecule has 0 spiro atoms. The number of benzene rings is 3. The van der Waals surface area contributed by atoms with Gasteiger partial charge in [-0.15, -0.1) is 0 Å². The predicted molar refractivity (Wildman–Crippen MR) is 118 cm³/mol. The molecule has 3 aromatic carbocycles. The Morgan fingerprint density at radius 2 is 1.74 bits per heavy atom. The number of sulfonamides is 1. The largest absolute Gasteiger partial charge is 0.497 e. The first kappa shape index (κ1) is 20.6. The van der Waals surface area contributed by atoms with Crippen molar-refractivity contribution in [2.75, 3.05) is 11.8 Å². The lowest BCUT2D eigenvalue weighted by molar-refractivity contribution is 0.385. The fourth-order valence-electron chi connectivity index (χ4n) is 3.02. The van der Waals surface area contributed by atoms with Crippen LogP contribution in [0.15, 0.2) is 82.2 Å². The van der Waals surface area contributed by atoms with Crippen molar-refractivity contribution in [3.05, 3.63) is 89.8 Å². The molecule has 1 N–H and O–H groups in total. The molecule has 0 aliphatic carbocycles. The lowest BCUT2D eigenvalue weighted by atomic mass is 10.1. The van der Waals surface area contributed by atoms with E-state index in [9.17, 15) is 8.42 Å². The van der Waals surface area contributed by atoms with Crippen LogP contribution in [-0.4, -0.2) is 25.7 Å². The molecule has 31 heavy (non-hydrogen) atoms. The predicted octanol–water partition coefficient (Wildman–Crippen LogP) is 4.45. The van der Waals surface area contributed by atoms with Crippen LogP contribution in [0.2, 0.25) is 0 Å². The molecule has 158 valence electrons. The third-order valence-electron chi connectivity index (χ3n) is 4.68. The number of rotatable bonds is 7. The minimum absolute atomic E-state index is 0.211. The van der Waals surface area contributed by atoms with E-state index < -0.39 is 10.0 Å². The van der Waals surface area contributed by atoms with Gasteiger partial charge in [-0.3, -0.25) is 4.72 Å². The summed E-state index contributed by atoms with van der Waals surface area (Å²) in [7, 11) is -2.03. The third-order valence-corrected chi connectivity index (χ3v) is 6.08. The lowest BCUT2D eigenvalue weighted by Crippen LogP contribution is -2.12. The van der Waals surface area contributed by atoms with Crippen molar-refractivity contribution >= 4 is 15.7 Å². The van der Waals surface area contributed by atoms with Crippen molar-refractivity contribution < 1.29 is 17.7 Å². The SMILES string of the molecule is COc1cccc(Cc2nc(-c3ccc(NS(=O)(=O)c4ccc(C)cc4)cc3)no2)c1. The quantitative estimate of drug-likeness (QED) is 0.461. The maximum atomic E-state index is 12.5. The number of nitrogens with one attached hydrogen (secondary N) is 1. The van der Waals surface area contributed by atoms with Crippen LogP contribution in [0, 0.1) is 6.92 Å². The number of aromatic nitrogens is 2. The van der Waals surface area contributed by atoms with Crippen LogP contribution in [-0.2, 0) is 16.4 Å². The lowest BCUT2D eigenvalue weighted by Gasteiger charge is -2.08. The Balaban J connectivity index is 1.46. The Kier molecular flexibility index (Phi) is 5.73. The van der Waals surface area contributed by atoms with Gasteiger partial charge in [-0.1, -0.05) is 35.0 Å². The van der Waals surface area contributed by atoms with Crippen LogP contribution in [0.5, 0.6) is 5.75 Å². The second kappa shape index (κ2) is 8.61. The van der Waals surface area contributed by atoms with Crippen LogP contribution in [0.3, 0.4) is 0 Å². The average molecular weight is 436 g/mol. The van der Waals surface area contributed by atoms with Crippen molar-refractivity contribution in [3.8, 4) is 17.1 Å². The van der Waals surface area contributed by atoms with Crippen LogP contribution < -0.4 is 9.46 Å². The number of hydrogen-bond donors (Lipinski definition) is 1. The molecular weight excluding hydrogens is 414 g/mol. The van der Waals surface area contributed by atoms with Crippen molar-refractivity contribution in [1.82, 2.24) is 10.1 Å². The molecule has 8 heteroatoms. The second-order valence-corrected chi connectivity index (χ2v) is 8.72. The van der Waals surface area contributed by atoms with Gasteiger partial charge in [0.1, 0.15) is 5.75 Å². The standard InChI is InChI=1S/C23H21N3O4S/c1-16-6-12-21(13-7-16)31(27,28)26-19-10-8-18(9-11-19)23-24-22(30-25-23)15-17-4-3-5-20(14-17)29-2/h3-14,26H,15H2,1-2H3. The summed E-state index contributed by atoms with van der Waals surface area (Å²) in [6.07, 6.45) is 0.485. The van der Waals surface area contributed by atoms with E-state index in [-0.39, 0.29) is 4.90 Å². The van der Waals surface area contributed by atoms with Crippen LogP contribution in [0.4, 0.5) is 5.69 Å². The minimum Gasteiger partial charge on any atom is -0.497 e. The average Bonchev–Trinajstić information content (AvgIpc) is 3.23. The maximum Gasteiger partial charge on any atom is 0.261 e. The van der Waals surface area contributed by atoms with E-state index >= 15 is 0 Å². The van der Waals surface area contributed by atoms with Gasteiger partial charge >= 0.3 is 0 Å². The van der Waals surface area contributed by atoms with E-state index in [1.54, 1.807) is 55.6 Å². The highest BCUT2D eigenvalue weighted by Gasteiger charge is 2.15. The van der Waals surface area contributed by atoms with Crippen molar-refractivity contribution in [2.45, 2.75) is 18.2 Å². The number of methoxy groups -OCH3 is 1. The molecule has 4 rings (SSSR count). The molecule has 0 aliphatic rings. The molecule has 0 bridgehead atoms. The molecule has 7 nitrogen and oxygen atoms in total. The zero-order valence-corrected chi connectivity index (χ0v) is 17.9. The molecule has 0 amide bonds. The first-order chi connectivity index (χ1) is 14.9. The van der Waals surface area contributed by atoms with E-state index in [2.05, 4.69) is 14.9 Å². The van der Waals surface area contributed by atoms with Crippen LogP contribution in [0.1, 0.15) is 17.0 Å². The summed E-state index contributed by atoms with van der Waals surface area (Å²) in [6, 6.07) is 21.1. The minimum atomic E-state index is -3.65. The van der Waals surface area contributed by atoms with Gasteiger partial charge in [-0.05, 0) is 61.0 Å². The van der Waals surface area contributed by atoms with Crippen LogP contribution in [0.25, 0.3) is 11.4 Å². The van der Waals surface area contributed by atoms with Crippen molar-refractivity contribution in [3.63, 3.8) is 0 Å². The molecule has 0 saturated carbocycles. The van der Waals surface area contributed by atoms with E-state index in [1.807, 2.05) is 31.2 Å². The fourth-order valence-corrected chi connectivity index (χ4v) is 4.08. The molecule has 0 radical (unpaired) electrons. The van der Waals surface area contributed by atoms with E-state index in [1.165, 1.54) is 0 Å². The molecule has 1 aromatic heterocycles. The van der Waals surface area contributed by atoms with Gasteiger partial charge in [-0.2, -0.15) is 4.98 Å². The Morgan fingerprint density at radius 3 is 2.45 bits per heavy atom. The second-order valence-electron chi connectivity index (χ2n) is 7.04. The molecule has 4 aromatic rings. The first-order valence-corrected chi connectivity index (χ1v) is 11.1. The number of anilines is 1. The first-order valence-electron chi connectivity index (χ1n) is 9.58. The van der Waals surface area contributed by atoms with Gasteiger partial charge in [0, 0.05) is 11.3 Å².